The first-order valence-corrected chi connectivity index (χ1v) is 6.60. The van der Waals surface area contributed by atoms with Crippen LogP contribution in [0, 0.1) is 0 Å². The standard InChI is InChI=1S/C10H20S/c1-5-7-11(9(2)3)8-6-10(11)4/h10H,2,5-8H2,1,3-4H3. The van der Waals surface area contributed by atoms with E-state index in [0.29, 0.717) is 0 Å². The molecule has 66 valence electrons. The SMILES string of the molecule is C=C(C)S1(CCC)CCC1C. The minimum Gasteiger partial charge on any atom is -0.216 e. The van der Waals surface area contributed by atoms with Gasteiger partial charge in [0.05, 0.1) is 0 Å². The van der Waals surface area contributed by atoms with E-state index in [-0.39, 0.29) is 10.0 Å². The zero-order valence-corrected chi connectivity index (χ0v) is 8.84. The van der Waals surface area contributed by atoms with Crippen LogP contribution in [0.5, 0.6) is 0 Å². The molecule has 1 heterocycles. The van der Waals surface area contributed by atoms with Gasteiger partial charge in [0.25, 0.3) is 0 Å². The molecule has 0 amide bonds. The van der Waals surface area contributed by atoms with Gasteiger partial charge in [-0.05, 0) is 41.4 Å². The molecule has 0 aliphatic carbocycles. The summed E-state index contributed by atoms with van der Waals surface area (Å²) in [7, 11) is -0.336. The Morgan fingerprint density at radius 3 is 2.36 bits per heavy atom. The monoisotopic (exact) mass is 172 g/mol. The highest BCUT2D eigenvalue weighted by atomic mass is 32.3. The third-order valence-corrected chi connectivity index (χ3v) is 8.19. The molecule has 1 heteroatoms. The molecule has 0 nitrogen and oxygen atoms in total. The van der Waals surface area contributed by atoms with Crippen molar-refractivity contribution in [1.29, 1.82) is 0 Å². The van der Waals surface area contributed by atoms with Crippen LogP contribution in [0.2, 0.25) is 0 Å². The number of allylic oxidation sites excluding steroid dienone is 1. The van der Waals surface area contributed by atoms with E-state index in [4.69, 9.17) is 0 Å². The maximum Gasteiger partial charge on any atom is -0.00974 e. The van der Waals surface area contributed by atoms with E-state index in [1.54, 1.807) is 0 Å². The molecule has 1 aliphatic heterocycles. The van der Waals surface area contributed by atoms with Crippen molar-refractivity contribution in [3.05, 3.63) is 11.5 Å². The summed E-state index contributed by atoms with van der Waals surface area (Å²) in [6.07, 6.45) is 2.79. The second-order valence-corrected chi connectivity index (χ2v) is 7.86. The summed E-state index contributed by atoms with van der Waals surface area (Å²) in [5.74, 6) is 2.90. The molecule has 1 fully saturated rings. The highest BCUT2D eigenvalue weighted by Crippen LogP contribution is 2.67. The molecular weight excluding hydrogens is 152 g/mol. The van der Waals surface area contributed by atoms with Gasteiger partial charge in [0.1, 0.15) is 0 Å². The highest BCUT2D eigenvalue weighted by molar-refractivity contribution is 8.38. The van der Waals surface area contributed by atoms with Crippen molar-refractivity contribution in [1.82, 2.24) is 0 Å². The molecule has 0 radical (unpaired) electrons. The van der Waals surface area contributed by atoms with E-state index in [1.165, 1.54) is 29.3 Å². The van der Waals surface area contributed by atoms with E-state index in [2.05, 4.69) is 27.4 Å². The van der Waals surface area contributed by atoms with Crippen LogP contribution in [0.25, 0.3) is 0 Å². The Morgan fingerprint density at radius 2 is 2.27 bits per heavy atom. The Hall–Kier alpha value is 0.0900. The molecule has 1 saturated heterocycles. The molecule has 0 N–H and O–H groups in total. The molecule has 0 aromatic heterocycles. The van der Waals surface area contributed by atoms with E-state index >= 15 is 0 Å². The lowest BCUT2D eigenvalue weighted by Crippen LogP contribution is -2.33. The molecule has 0 spiro atoms. The maximum absolute atomic E-state index is 4.16. The van der Waals surface area contributed by atoms with Gasteiger partial charge in [-0.1, -0.05) is 20.4 Å². The number of hydrogen-bond donors (Lipinski definition) is 0. The van der Waals surface area contributed by atoms with Gasteiger partial charge in [-0.3, -0.25) is 0 Å². The van der Waals surface area contributed by atoms with Crippen LogP contribution in [0.4, 0.5) is 0 Å². The lowest BCUT2D eigenvalue weighted by atomic mass is 10.3. The van der Waals surface area contributed by atoms with Crippen LogP contribution in [0.15, 0.2) is 11.5 Å². The Bertz CT molecular complexity index is 162. The largest absolute Gasteiger partial charge is 0.216 e. The van der Waals surface area contributed by atoms with Gasteiger partial charge >= 0.3 is 0 Å². The van der Waals surface area contributed by atoms with Crippen molar-refractivity contribution in [2.75, 3.05) is 11.5 Å². The first-order chi connectivity index (χ1) is 5.13. The van der Waals surface area contributed by atoms with Crippen molar-refractivity contribution in [2.24, 2.45) is 0 Å². The van der Waals surface area contributed by atoms with Gasteiger partial charge in [-0.25, -0.2) is 10.0 Å². The predicted molar refractivity (Wildman–Crippen MR) is 56.5 cm³/mol. The molecule has 2 atom stereocenters. The fourth-order valence-electron chi connectivity index (χ4n) is 2.00. The summed E-state index contributed by atoms with van der Waals surface area (Å²) in [6.45, 7) is 11.1. The first-order valence-electron chi connectivity index (χ1n) is 4.56. The van der Waals surface area contributed by atoms with Gasteiger partial charge < -0.3 is 0 Å². The van der Waals surface area contributed by atoms with Crippen molar-refractivity contribution >= 4 is 10.0 Å². The molecule has 1 rings (SSSR count). The van der Waals surface area contributed by atoms with Crippen LogP contribution < -0.4 is 0 Å². The van der Waals surface area contributed by atoms with Crippen molar-refractivity contribution in [3.8, 4) is 0 Å². The minimum absolute atomic E-state index is 0.336. The average molecular weight is 172 g/mol. The summed E-state index contributed by atoms with van der Waals surface area (Å²) in [5, 5.41) is 0.972. The third kappa shape index (κ3) is 1.35. The molecule has 11 heavy (non-hydrogen) atoms. The third-order valence-electron chi connectivity index (χ3n) is 2.92. The van der Waals surface area contributed by atoms with E-state index in [1.807, 2.05) is 0 Å². The van der Waals surface area contributed by atoms with Gasteiger partial charge in [0, 0.05) is 0 Å². The molecule has 2 unspecified atom stereocenters. The van der Waals surface area contributed by atoms with Crippen molar-refractivity contribution in [2.45, 2.75) is 38.9 Å². The second kappa shape index (κ2) is 3.22. The van der Waals surface area contributed by atoms with Gasteiger partial charge in [-0.2, -0.15) is 0 Å². The molecule has 0 aromatic carbocycles. The molecular formula is C10H20S. The number of rotatable bonds is 3. The summed E-state index contributed by atoms with van der Waals surface area (Å²) < 4.78 is 0. The van der Waals surface area contributed by atoms with E-state index in [9.17, 15) is 0 Å². The lowest BCUT2D eigenvalue weighted by molar-refractivity contribution is 0.820. The topological polar surface area (TPSA) is 0 Å². The van der Waals surface area contributed by atoms with E-state index < -0.39 is 0 Å². The van der Waals surface area contributed by atoms with Crippen LogP contribution in [-0.4, -0.2) is 16.8 Å². The van der Waals surface area contributed by atoms with Crippen LogP contribution in [-0.2, 0) is 0 Å². The zero-order valence-electron chi connectivity index (χ0n) is 8.02. The highest BCUT2D eigenvalue weighted by Gasteiger charge is 2.38. The maximum atomic E-state index is 4.16. The van der Waals surface area contributed by atoms with Gasteiger partial charge in [0.15, 0.2) is 0 Å². The van der Waals surface area contributed by atoms with Gasteiger partial charge in [0.2, 0.25) is 0 Å². The van der Waals surface area contributed by atoms with Crippen molar-refractivity contribution < 1.29 is 0 Å². The predicted octanol–water partition coefficient (Wildman–Crippen LogP) is 3.53. The Morgan fingerprint density at radius 1 is 1.64 bits per heavy atom. The Labute approximate surface area is 72.4 Å². The minimum atomic E-state index is -0.336. The number of hydrogen-bond acceptors (Lipinski definition) is 0. The molecule has 1 aliphatic rings. The molecule has 0 saturated carbocycles. The first kappa shape index (κ1) is 9.18. The quantitative estimate of drug-likeness (QED) is 0.611. The van der Waals surface area contributed by atoms with Gasteiger partial charge in [-0.15, -0.1) is 0 Å². The Kier molecular flexibility index (Phi) is 2.69. The summed E-state index contributed by atoms with van der Waals surface area (Å²) in [5.41, 5.74) is 0. The van der Waals surface area contributed by atoms with Crippen LogP contribution in [0.1, 0.15) is 33.6 Å². The van der Waals surface area contributed by atoms with E-state index in [0.717, 1.165) is 5.25 Å². The summed E-state index contributed by atoms with van der Waals surface area (Å²) in [6, 6.07) is 0. The summed E-state index contributed by atoms with van der Waals surface area (Å²) in [4.78, 5) is 1.50. The smallest absolute Gasteiger partial charge is 0.00974 e. The second-order valence-electron chi connectivity index (χ2n) is 3.65. The summed E-state index contributed by atoms with van der Waals surface area (Å²) >= 11 is 0. The molecule has 0 aromatic rings. The van der Waals surface area contributed by atoms with Crippen LogP contribution in [0.3, 0.4) is 0 Å². The fraction of sp³-hybridized carbons (Fsp3) is 0.800. The average Bonchev–Trinajstić information content (AvgIpc) is 1.96. The fourth-order valence-corrected chi connectivity index (χ4v) is 5.99. The van der Waals surface area contributed by atoms with Crippen LogP contribution >= 0.6 is 10.0 Å². The molecule has 0 bridgehead atoms. The van der Waals surface area contributed by atoms with Crippen molar-refractivity contribution in [3.63, 3.8) is 0 Å². The lowest BCUT2D eigenvalue weighted by Gasteiger charge is -2.54. The zero-order chi connectivity index (χ0) is 8.48. The normalized spacial score (nSPS) is 42.3. The Balaban J connectivity index is 2.64.